The first-order valence-corrected chi connectivity index (χ1v) is 11.1. The topological polar surface area (TPSA) is 74.8 Å². The van der Waals surface area contributed by atoms with E-state index in [2.05, 4.69) is 35.1 Å². The number of hydrogen-bond acceptors (Lipinski definition) is 5. The molecule has 2 atom stereocenters. The van der Waals surface area contributed by atoms with E-state index in [9.17, 15) is 9.59 Å². The Labute approximate surface area is 178 Å². The molecule has 0 aromatic carbocycles. The quantitative estimate of drug-likeness (QED) is 0.574. The molecule has 30 heavy (non-hydrogen) atoms. The molecule has 7 nitrogen and oxygen atoms in total. The number of amides is 3. The average Bonchev–Trinajstić information content (AvgIpc) is 3.37. The van der Waals surface area contributed by atoms with E-state index in [1.165, 1.54) is 10.5 Å². The zero-order valence-corrected chi connectivity index (χ0v) is 18.0. The summed E-state index contributed by atoms with van der Waals surface area (Å²) in [7, 11) is 0. The molecule has 0 unspecified atom stereocenters. The Hall–Kier alpha value is -2.25. The van der Waals surface area contributed by atoms with E-state index < -0.39 is 5.54 Å². The number of rotatable bonds is 6. The van der Waals surface area contributed by atoms with Crippen LogP contribution in [-0.4, -0.2) is 65.6 Å². The molecule has 0 saturated carbocycles. The van der Waals surface area contributed by atoms with Crippen LogP contribution in [0.5, 0.6) is 0 Å². The maximum absolute atomic E-state index is 13.8. The maximum Gasteiger partial charge on any atom is 0.325 e. The molecule has 0 aliphatic carbocycles. The largest absolute Gasteiger partial charge is 0.376 e. The molecule has 0 bridgehead atoms. The van der Waals surface area contributed by atoms with Crippen LogP contribution in [-0.2, 0) is 15.1 Å². The summed E-state index contributed by atoms with van der Waals surface area (Å²) in [4.78, 5) is 35.0. The van der Waals surface area contributed by atoms with Crippen molar-refractivity contribution in [1.82, 2.24) is 20.1 Å². The molecule has 4 heterocycles. The lowest BCUT2D eigenvalue weighted by Gasteiger charge is -2.40. The van der Waals surface area contributed by atoms with Crippen molar-refractivity contribution in [3.8, 4) is 0 Å². The van der Waals surface area contributed by atoms with E-state index in [0.29, 0.717) is 18.8 Å². The van der Waals surface area contributed by atoms with Crippen LogP contribution in [0.1, 0.15) is 45.2 Å². The Morgan fingerprint density at radius 3 is 2.73 bits per heavy atom. The van der Waals surface area contributed by atoms with Gasteiger partial charge in [-0.15, -0.1) is 0 Å². The van der Waals surface area contributed by atoms with Gasteiger partial charge in [0.2, 0.25) is 0 Å². The smallest absolute Gasteiger partial charge is 0.325 e. The van der Waals surface area contributed by atoms with E-state index in [-0.39, 0.29) is 24.0 Å². The minimum atomic E-state index is -1.08. The first-order valence-electron chi connectivity index (χ1n) is 11.1. The van der Waals surface area contributed by atoms with Gasteiger partial charge in [-0.2, -0.15) is 0 Å². The fourth-order valence-electron chi connectivity index (χ4n) is 4.98. The van der Waals surface area contributed by atoms with Crippen molar-refractivity contribution in [3.63, 3.8) is 0 Å². The number of allylic oxidation sites excluding steroid dienone is 1. The van der Waals surface area contributed by atoms with E-state index in [1.54, 1.807) is 6.20 Å². The number of piperidine rings is 1. The minimum absolute atomic E-state index is 0.0144. The summed E-state index contributed by atoms with van der Waals surface area (Å²) in [6, 6.07) is 5.26. The molecule has 3 amide bonds. The second kappa shape index (κ2) is 8.86. The molecule has 1 N–H and O–H groups in total. The minimum Gasteiger partial charge on any atom is -0.376 e. The number of pyridine rings is 1. The molecule has 0 spiro atoms. The van der Waals surface area contributed by atoms with Crippen molar-refractivity contribution < 1.29 is 14.3 Å². The van der Waals surface area contributed by atoms with Crippen molar-refractivity contribution in [3.05, 3.63) is 41.7 Å². The maximum atomic E-state index is 13.8. The summed E-state index contributed by atoms with van der Waals surface area (Å²) in [6.07, 6.45) is 7.32. The number of ether oxygens (including phenoxy) is 1. The SMILES string of the molecule is C/C=C(\C)CN1CCC([C@@]2(c3ccccn3)NC(=O)N(C[C@@H]3CCCO3)C2=O)CC1. The lowest BCUT2D eigenvalue weighted by atomic mass is 9.75. The van der Waals surface area contributed by atoms with Gasteiger partial charge in [-0.1, -0.05) is 17.7 Å². The van der Waals surface area contributed by atoms with E-state index in [1.807, 2.05) is 18.2 Å². The van der Waals surface area contributed by atoms with Crippen molar-refractivity contribution in [1.29, 1.82) is 0 Å². The molecule has 3 aliphatic heterocycles. The monoisotopic (exact) mass is 412 g/mol. The Morgan fingerprint density at radius 1 is 1.30 bits per heavy atom. The van der Waals surface area contributed by atoms with Crippen molar-refractivity contribution in [2.75, 3.05) is 32.8 Å². The third kappa shape index (κ3) is 3.88. The zero-order valence-electron chi connectivity index (χ0n) is 18.0. The van der Waals surface area contributed by atoms with Crippen LogP contribution in [0.3, 0.4) is 0 Å². The summed E-state index contributed by atoms with van der Waals surface area (Å²) in [6.45, 7) is 7.98. The summed E-state index contributed by atoms with van der Waals surface area (Å²) >= 11 is 0. The third-order valence-electron chi connectivity index (χ3n) is 6.78. The van der Waals surface area contributed by atoms with Crippen LogP contribution in [0.25, 0.3) is 0 Å². The Kier molecular flexibility index (Phi) is 6.20. The predicted octanol–water partition coefficient (Wildman–Crippen LogP) is 2.69. The highest BCUT2D eigenvalue weighted by atomic mass is 16.5. The third-order valence-corrected chi connectivity index (χ3v) is 6.78. The molecule has 3 saturated heterocycles. The van der Waals surface area contributed by atoms with Gasteiger partial charge in [-0.3, -0.25) is 19.6 Å². The Balaban J connectivity index is 1.58. The van der Waals surface area contributed by atoms with E-state index in [4.69, 9.17) is 4.74 Å². The molecule has 4 rings (SSSR count). The van der Waals surface area contributed by atoms with E-state index >= 15 is 0 Å². The van der Waals surface area contributed by atoms with Crippen LogP contribution in [0.4, 0.5) is 4.79 Å². The second-order valence-corrected chi connectivity index (χ2v) is 8.69. The molecule has 1 aromatic rings. The summed E-state index contributed by atoms with van der Waals surface area (Å²) in [5, 5.41) is 3.08. The normalized spacial score (nSPS) is 28.9. The number of nitrogens with one attached hydrogen (secondary N) is 1. The predicted molar refractivity (Wildman–Crippen MR) is 114 cm³/mol. The van der Waals surface area contributed by atoms with Gasteiger partial charge in [0.15, 0.2) is 5.54 Å². The Morgan fingerprint density at radius 2 is 2.10 bits per heavy atom. The number of nitrogens with zero attached hydrogens (tertiary/aromatic N) is 3. The number of likely N-dealkylation sites (tertiary alicyclic amines) is 1. The van der Waals surface area contributed by atoms with Crippen LogP contribution < -0.4 is 5.32 Å². The van der Waals surface area contributed by atoms with Crippen LogP contribution >= 0.6 is 0 Å². The van der Waals surface area contributed by atoms with Gasteiger partial charge in [0.25, 0.3) is 5.91 Å². The molecular formula is C23H32N4O3. The fraction of sp³-hybridized carbons (Fsp3) is 0.609. The molecular weight excluding hydrogens is 380 g/mol. The number of carbonyl (C=O) groups is 2. The van der Waals surface area contributed by atoms with Gasteiger partial charge in [-0.05, 0) is 70.7 Å². The highest BCUT2D eigenvalue weighted by molar-refractivity contribution is 6.07. The first kappa shape index (κ1) is 21.0. The first-order chi connectivity index (χ1) is 14.5. The van der Waals surface area contributed by atoms with Gasteiger partial charge < -0.3 is 10.1 Å². The van der Waals surface area contributed by atoms with Crippen LogP contribution in [0.2, 0.25) is 0 Å². The van der Waals surface area contributed by atoms with Gasteiger partial charge in [0.05, 0.1) is 18.3 Å². The number of carbonyl (C=O) groups excluding carboxylic acids is 2. The van der Waals surface area contributed by atoms with Crippen molar-refractivity contribution in [2.24, 2.45) is 5.92 Å². The summed E-state index contributed by atoms with van der Waals surface area (Å²) in [5.41, 5.74) is 0.903. The second-order valence-electron chi connectivity index (χ2n) is 8.69. The number of aromatic nitrogens is 1. The van der Waals surface area contributed by atoms with Gasteiger partial charge >= 0.3 is 6.03 Å². The van der Waals surface area contributed by atoms with Gasteiger partial charge in [-0.25, -0.2) is 4.79 Å². The molecule has 3 aliphatic rings. The van der Waals surface area contributed by atoms with Crippen LogP contribution in [0.15, 0.2) is 36.0 Å². The fourth-order valence-corrected chi connectivity index (χ4v) is 4.98. The average molecular weight is 413 g/mol. The molecule has 1 aromatic heterocycles. The highest BCUT2D eigenvalue weighted by Gasteiger charge is 2.58. The number of hydrogen-bond donors (Lipinski definition) is 1. The molecule has 162 valence electrons. The molecule has 7 heteroatoms. The van der Waals surface area contributed by atoms with E-state index in [0.717, 1.165) is 45.3 Å². The summed E-state index contributed by atoms with van der Waals surface area (Å²) in [5.74, 6) is -0.162. The van der Waals surface area contributed by atoms with Crippen LogP contribution in [0, 0.1) is 5.92 Å². The van der Waals surface area contributed by atoms with Gasteiger partial charge in [0.1, 0.15) is 0 Å². The standard InChI is InChI=1S/C23H32N4O3/c1-3-17(2)15-26-12-9-18(10-13-26)23(20-8-4-5-11-24-20)21(28)27(22(29)25-23)16-19-7-6-14-30-19/h3-5,8,11,18-19H,6-7,9-10,12-16H2,1-2H3,(H,25,29)/b17-3+/t19-,23-/m0/s1. The van der Waals surface area contributed by atoms with Gasteiger partial charge in [0, 0.05) is 19.3 Å². The summed E-state index contributed by atoms with van der Waals surface area (Å²) < 4.78 is 5.69. The molecule has 3 fully saturated rings. The lowest BCUT2D eigenvalue weighted by molar-refractivity contribution is -0.135. The van der Waals surface area contributed by atoms with Crippen molar-refractivity contribution in [2.45, 2.75) is 51.2 Å². The lowest BCUT2D eigenvalue weighted by Crippen LogP contribution is -2.54. The number of imide groups is 1. The number of urea groups is 1. The Bertz CT molecular complexity index is 798. The molecule has 0 radical (unpaired) electrons. The highest BCUT2D eigenvalue weighted by Crippen LogP contribution is 2.41. The zero-order chi connectivity index (χ0) is 21.1. The van der Waals surface area contributed by atoms with Crippen molar-refractivity contribution >= 4 is 11.9 Å².